The van der Waals surface area contributed by atoms with Crippen LogP contribution in [0.1, 0.15) is 29.9 Å². The van der Waals surface area contributed by atoms with Crippen molar-refractivity contribution >= 4 is 17.0 Å². The van der Waals surface area contributed by atoms with Gasteiger partial charge in [0.05, 0.1) is 22.8 Å². The van der Waals surface area contributed by atoms with Crippen LogP contribution >= 0.6 is 0 Å². The van der Waals surface area contributed by atoms with E-state index < -0.39 is 5.82 Å². The van der Waals surface area contributed by atoms with Gasteiger partial charge in [-0.25, -0.2) is 19.3 Å². The zero-order valence-electron chi connectivity index (χ0n) is 16.4. The molecule has 0 bridgehead atoms. The number of aryl methyl sites for hydroxylation is 1. The molecule has 3 heterocycles. The topological polar surface area (TPSA) is 102 Å². The highest BCUT2D eigenvalue weighted by Gasteiger charge is 2.27. The van der Waals surface area contributed by atoms with E-state index in [0.29, 0.717) is 23.3 Å². The van der Waals surface area contributed by atoms with Crippen LogP contribution in [0.15, 0.2) is 42.6 Å². The van der Waals surface area contributed by atoms with Crippen molar-refractivity contribution in [2.75, 3.05) is 12.3 Å². The van der Waals surface area contributed by atoms with E-state index in [1.165, 1.54) is 12.3 Å². The molecule has 152 valence electrons. The molecule has 0 spiro atoms. The number of rotatable bonds is 3. The fourth-order valence-corrected chi connectivity index (χ4v) is 4.22. The number of fused-ring (bicyclic) bond motifs is 2. The van der Waals surface area contributed by atoms with E-state index in [-0.39, 0.29) is 17.7 Å². The summed E-state index contributed by atoms with van der Waals surface area (Å²) in [6.07, 6.45) is 2.35. The summed E-state index contributed by atoms with van der Waals surface area (Å²) in [5.41, 5.74) is 10.1. The number of phenols is 1. The third-order valence-electron chi connectivity index (χ3n) is 5.57. The smallest absolute Gasteiger partial charge is 0.220 e. The Morgan fingerprint density at radius 2 is 2.10 bits per heavy atom. The number of hydrogen-bond donors (Lipinski definition) is 3. The lowest BCUT2D eigenvalue weighted by molar-refractivity contribution is 0.469. The Morgan fingerprint density at radius 3 is 2.90 bits per heavy atom. The van der Waals surface area contributed by atoms with Crippen molar-refractivity contribution < 1.29 is 9.50 Å². The zero-order chi connectivity index (χ0) is 20.8. The molecular weight excluding hydrogens is 383 g/mol. The van der Waals surface area contributed by atoms with E-state index >= 15 is 0 Å². The van der Waals surface area contributed by atoms with Crippen molar-refractivity contribution in [2.24, 2.45) is 0 Å². The molecule has 1 aliphatic rings. The standard InChI is InChI=1S/C22H21FN6O/c1-2-29-19-10-15(17-6-8-26-22(24)28-17)16(23)11-18(19)27-21(29)20-14-4-3-13(30)9-12(14)5-7-25-20/h3-4,6,8-11,20,25,30H,2,5,7H2,1H3,(H2,24,26,28). The van der Waals surface area contributed by atoms with Gasteiger partial charge >= 0.3 is 0 Å². The Morgan fingerprint density at radius 1 is 1.23 bits per heavy atom. The van der Waals surface area contributed by atoms with Crippen molar-refractivity contribution in [2.45, 2.75) is 25.9 Å². The summed E-state index contributed by atoms with van der Waals surface area (Å²) in [4.78, 5) is 12.8. The van der Waals surface area contributed by atoms with Gasteiger partial charge in [-0.2, -0.15) is 0 Å². The highest BCUT2D eigenvalue weighted by Crippen LogP contribution is 2.34. The van der Waals surface area contributed by atoms with Gasteiger partial charge in [-0.05, 0) is 48.7 Å². The highest BCUT2D eigenvalue weighted by atomic mass is 19.1. The van der Waals surface area contributed by atoms with Gasteiger partial charge in [-0.15, -0.1) is 0 Å². The number of hydrogen-bond acceptors (Lipinski definition) is 6. The first-order valence-corrected chi connectivity index (χ1v) is 9.89. The summed E-state index contributed by atoms with van der Waals surface area (Å²) in [6, 6.07) is 10.1. The van der Waals surface area contributed by atoms with E-state index in [4.69, 9.17) is 10.7 Å². The van der Waals surface area contributed by atoms with Crippen molar-refractivity contribution in [3.63, 3.8) is 0 Å². The minimum absolute atomic E-state index is 0.1000. The monoisotopic (exact) mass is 404 g/mol. The van der Waals surface area contributed by atoms with Crippen LogP contribution in [0.3, 0.4) is 0 Å². The van der Waals surface area contributed by atoms with Crippen molar-refractivity contribution in [3.8, 4) is 17.0 Å². The second kappa shape index (κ2) is 7.07. The zero-order valence-corrected chi connectivity index (χ0v) is 16.4. The highest BCUT2D eigenvalue weighted by molar-refractivity contribution is 5.82. The van der Waals surface area contributed by atoms with Gasteiger partial charge in [0.15, 0.2) is 0 Å². The molecule has 1 aliphatic heterocycles. The molecule has 0 amide bonds. The van der Waals surface area contributed by atoms with Crippen molar-refractivity contribution in [1.29, 1.82) is 0 Å². The number of anilines is 1. The number of nitrogen functional groups attached to an aromatic ring is 1. The summed E-state index contributed by atoms with van der Waals surface area (Å²) in [5, 5.41) is 13.4. The second-order valence-corrected chi connectivity index (χ2v) is 7.36. The average molecular weight is 404 g/mol. The first-order valence-electron chi connectivity index (χ1n) is 9.89. The Kier molecular flexibility index (Phi) is 4.36. The maximum atomic E-state index is 14.9. The molecule has 0 aliphatic carbocycles. The molecule has 5 rings (SSSR count). The molecule has 0 fully saturated rings. The molecule has 7 nitrogen and oxygen atoms in total. The first-order chi connectivity index (χ1) is 14.5. The van der Waals surface area contributed by atoms with Gasteiger partial charge < -0.3 is 20.7 Å². The molecule has 1 unspecified atom stereocenters. The summed E-state index contributed by atoms with van der Waals surface area (Å²) in [7, 11) is 0. The molecule has 2 aromatic carbocycles. The molecule has 2 aromatic heterocycles. The fraction of sp³-hybridized carbons (Fsp3) is 0.227. The normalized spacial score (nSPS) is 16.0. The quantitative estimate of drug-likeness (QED) is 0.485. The minimum atomic E-state index is -0.408. The third-order valence-corrected chi connectivity index (χ3v) is 5.57. The number of nitrogens with zero attached hydrogens (tertiary/aromatic N) is 4. The van der Waals surface area contributed by atoms with Crippen LogP contribution in [-0.2, 0) is 13.0 Å². The summed E-state index contributed by atoms with van der Waals surface area (Å²) in [6.45, 7) is 3.49. The van der Waals surface area contributed by atoms with Crippen LogP contribution in [0.2, 0.25) is 0 Å². The Balaban J connectivity index is 1.68. The molecule has 30 heavy (non-hydrogen) atoms. The Hall–Kier alpha value is -3.52. The molecule has 8 heteroatoms. The maximum Gasteiger partial charge on any atom is 0.220 e. The van der Waals surface area contributed by atoms with Crippen molar-refractivity contribution in [3.05, 3.63) is 65.4 Å². The average Bonchev–Trinajstić information content (AvgIpc) is 3.09. The van der Waals surface area contributed by atoms with Crippen LogP contribution < -0.4 is 11.1 Å². The second-order valence-electron chi connectivity index (χ2n) is 7.36. The van der Waals surface area contributed by atoms with E-state index in [9.17, 15) is 9.50 Å². The number of nitrogens with one attached hydrogen (secondary N) is 1. The number of imidazole rings is 1. The SMILES string of the molecule is CCn1c(C2NCCc3cc(O)ccc32)nc2cc(F)c(-c3ccnc(N)n3)cc21. The molecular formula is C22H21FN6O. The molecule has 0 saturated heterocycles. The summed E-state index contributed by atoms with van der Waals surface area (Å²) in [5.74, 6) is 0.768. The van der Waals surface area contributed by atoms with Gasteiger partial charge in [0.1, 0.15) is 17.4 Å². The summed E-state index contributed by atoms with van der Waals surface area (Å²) >= 11 is 0. The minimum Gasteiger partial charge on any atom is -0.508 e. The van der Waals surface area contributed by atoms with E-state index in [2.05, 4.69) is 19.9 Å². The lowest BCUT2D eigenvalue weighted by Gasteiger charge is -2.27. The number of benzene rings is 2. The van der Waals surface area contributed by atoms with Crippen molar-refractivity contribution in [1.82, 2.24) is 24.8 Å². The molecule has 1 atom stereocenters. The fourth-order valence-electron chi connectivity index (χ4n) is 4.22. The van der Waals surface area contributed by atoms with Crippen LogP contribution in [-0.4, -0.2) is 31.2 Å². The predicted octanol–water partition coefficient (Wildman–Crippen LogP) is 3.18. The summed E-state index contributed by atoms with van der Waals surface area (Å²) < 4.78 is 17.0. The lowest BCUT2D eigenvalue weighted by Crippen LogP contribution is -2.32. The molecule has 4 N–H and O–H groups in total. The van der Waals surface area contributed by atoms with Gasteiger partial charge in [-0.1, -0.05) is 6.07 Å². The van der Waals surface area contributed by atoms with E-state index in [1.807, 2.05) is 13.0 Å². The maximum absolute atomic E-state index is 14.9. The largest absolute Gasteiger partial charge is 0.508 e. The van der Waals surface area contributed by atoms with Crippen LogP contribution in [0.5, 0.6) is 5.75 Å². The third kappa shape index (κ3) is 2.96. The molecule has 0 saturated carbocycles. The van der Waals surface area contributed by atoms with Crippen LogP contribution in [0.4, 0.5) is 10.3 Å². The Labute approximate surface area is 172 Å². The number of phenolic OH excluding ortho intramolecular Hbond substituents is 1. The number of aromatic nitrogens is 4. The van der Waals surface area contributed by atoms with Crippen LogP contribution in [0.25, 0.3) is 22.3 Å². The first kappa shape index (κ1) is 18.5. The van der Waals surface area contributed by atoms with Gasteiger partial charge in [-0.3, -0.25) is 0 Å². The number of aromatic hydroxyl groups is 1. The van der Waals surface area contributed by atoms with E-state index in [0.717, 1.165) is 35.4 Å². The van der Waals surface area contributed by atoms with Gasteiger partial charge in [0, 0.05) is 30.9 Å². The predicted molar refractivity (Wildman–Crippen MR) is 112 cm³/mol. The van der Waals surface area contributed by atoms with E-state index in [1.54, 1.807) is 24.3 Å². The molecule has 0 radical (unpaired) electrons. The molecule has 4 aromatic rings. The Bertz CT molecular complexity index is 1270. The number of halogens is 1. The number of nitrogens with two attached hydrogens (primary N) is 1. The van der Waals surface area contributed by atoms with Gasteiger partial charge in [0.2, 0.25) is 5.95 Å². The van der Waals surface area contributed by atoms with Crippen LogP contribution in [0, 0.1) is 5.82 Å². The van der Waals surface area contributed by atoms with Gasteiger partial charge in [0.25, 0.3) is 0 Å². The lowest BCUT2D eigenvalue weighted by atomic mass is 9.93.